The minimum absolute atomic E-state index is 0.137. The zero-order valence-electron chi connectivity index (χ0n) is 13.3. The average molecular weight is 310 g/mol. The van der Waals surface area contributed by atoms with E-state index in [1.807, 2.05) is 25.1 Å². The molecule has 7 heteroatoms. The minimum Gasteiger partial charge on any atom is -0.358 e. The number of nitrogens with one attached hydrogen (secondary N) is 1. The van der Waals surface area contributed by atoms with Gasteiger partial charge in [0.05, 0.1) is 0 Å². The average Bonchev–Trinajstić information content (AvgIpc) is 3.03. The van der Waals surface area contributed by atoms with Crippen molar-refractivity contribution in [2.45, 2.75) is 26.8 Å². The predicted molar refractivity (Wildman–Crippen MR) is 85.5 cm³/mol. The van der Waals surface area contributed by atoms with E-state index in [0.29, 0.717) is 11.7 Å². The van der Waals surface area contributed by atoms with Gasteiger partial charge >= 0.3 is 0 Å². The third kappa shape index (κ3) is 3.50. The molecule has 0 aromatic carbocycles. The Labute approximate surface area is 134 Å². The number of nitrogens with zero attached hydrogens (tertiary/aromatic N) is 5. The molecule has 0 saturated heterocycles. The number of hydrogen-bond acceptors (Lipinski definition) is 7. The van der Waals surface area contributed by atoms with Crippen LogP contribution < -0.4 is 5.32 Å². The molecule has 3 heterocycles. The summed E-state index contributed by atoms with van der Waals surface area (Å²) >= 11 is 0. The Morgan fingerprint density at radius 1 is 1.22 bits per heavy atom. The summed E-state index contributed by atoms with van der Waals surface area (Å²) < 4.78 is 5.45. The van der Waals surface area contributed by atoms with Gasteiger partial charge in [-0.25, -0.2) is 9.97 Å². The number of hydrogen-bond donors (Lipinski definition) is 1. The highest BCUT2D eigenvalue weighted by Gasteiger charge is 2.23. The zero-order valence-corrected chi connectivity index (χ0v) is 13.3. The topological polar surface area (TPSA) is 89.6 Å². The number of anilines is 1. The fraction of sp³-hybridized carbons (Fsp3) is 0.312. The van der Waals surface area contributed by atoms with Crippen molar-refractivity contribution in [2.75, 3.05) is 5.32 Å². The van der Waals surface area contributed by atoms with E-state index in [2.05, 4.69) is 44.3 Å². The van der Waals surface area contributed by atoms with Crippen molar-refractivity contribution in [1.29, 1.82) is 0 Å². The fourth-order valence-corrected chi connectivity index (χ4v) is 2.18. The first kappa shape index (κ1) is 15.1. The molecule has 0 aliphatic rings. The van der Waals surface area contributed by atoms with E-state index < -0.39 is 0 Å². The normalized spacial score (nSPS) is 12.3. The molecule has 7 nitrogen and oxygen atoms in total. The molecule has 0 radical (unpaired) electrons. The summed E-state index contributed by atoms with van der Waals surface area (Å²) in [6.07, 6.45) is 4.95. The van der Waals surface area contributed by atoms with Crippen LogP contribution in [0.3, 0.4) is 0 Å². The van der Waals surface area contributed by atoms with Crippen molar-refractivity contribution in [3.05, 3.63) is 48.5 Å². The van der Waals surface area contributed by atoms with Crippen LogP contribution in [0.15, 0.2) is 41.4 Å². The van der Waals surface area contributed by atoms with Gasteiger partial charge < -0.3 is 9.84 Å². The Kier molecular flexibility index (Phi) is 4.27. The fourth-order valence-electron chi connectivity index (χ4n) is 2.18. The van der Waals surface area contributed by atoms with Crippen LogP contribution in [0.5, 0.6) is 0 Å². The van der Waals surface area contributed by atoms with Gasteiger partial charge in [-0.2, -0.15) is 4.98 Å². The molecule has 3 aromatic rings. The maximum atomic E-state index is 5.45. The smallest absolute Gasteiger partial charge is 0.249 e. The van der Waals surface area contributed by atoms with E-state index in [1.165, 1.54) is 6.33 Å². The van der Waals surface area contributed by atoms with E-state index in [9.17, 15) is 0 Å². The molecule has 0 amide bonds. The number of pyridine rings is 1. The molecule has 1 N–H and O–H groups in total. The van der Waals surface area contributed by atoms with Crippen LogP contribution in [0.4, 0.5) is 5.82 Å². The largest absolute Gasteiger partial charge is 0.358 e. The molecule has 0 aliphatic heterocycles. The summed E-state index contributed by atoms with van der Waals surface area (Å²) in [5, 5.41) is 7.39. The maximum Gasteiger partial charge on any atom is 0.249 e. The molecule has 0 aliphatic carbocycles. The van der Waals surface area contributed by atoms with Gasteiger partial charge in [0, 0.05) is 29.7 Å². The lowest BCUT2D eigenvalue weighted by Gasteiger charge is -2.19. The first-order chi connectivity index (χ1) is 11.1. The Morgan fingerprint density at radius 3 is 2.78 bits per heavy atom. The van der Waals surface area contributed by atoms with Crippen molar-refractivity contribution in [3.8, 4) is 11.4 Å². The summed E-state index contributed by atoms with van der Waals surface area (Å²) in [5.41, 5.74) is 1.72. The van der Waals surface area contributed by atoms with E-state index in [0.717, 1.165) is 17.1 Å². The third-order valence-electron chi connectivity index (χ3n) is 3.40. The van der Waals surface area contributed by atoms with Crippen molar-refractivity contribution < 1.29 is 4.52 Å². The van der Waals surface area contributed by atoms with Gasteiger partial charge in [0.1, 0.15) is 18.2 Å². The standard InChI is InChI=1S/C16H18N6O/c1-10(2)14(20-13-7-11(3)18-9-19-13)16-21-15(22-23-16)12-5-4-6-17-8-12/h4-10,14H,1-3H3,(H,18,19,20). The molecule has 0 saturated carbocycles. The van der Waals surface area contributed by atoms with Crippen LogP contribution in [-0.2, 0) is 0 Å². The Morgan fingerprint density at radius 2 is 2.09 bits per heavy atom. The van der Waals surface area contributed by atoms with Crippen LogP contribution in [0.2, 0.25) is 0 Å². The van der Waals surface area contributed by atoms with Gasteiger partial charge in [-0.1, -0.05) is 19.0 Å². The van der Waals surface area contributed by atoms with E-state index in [-0.39, 0.29) is 12.0 Å². The third-order valence-corrected chi connectivity index (χ3v) is 3.40. The zero-order chi connectivity index (χ0) is 16.2. The highest BCUT2D eigenvalue weighted by molar-refractivity contribution is 5.52. The minimum atomic E-state index is -0.137. The van der Waals surface area contributed by atoms with Gasteiger partial charge in [-0.3, -0.25) is 4.98 Å². The molecule has 118 valence electrons. The van der Waals surface area contributed by atoms with Gasteiger partial charge in [-0.05, 0) is 25.0 Å². The summed E-state index contributed by atoms with van der Waals surface area (Å²) in [4.78, 5) is 16.9. The SMILES string of the molecule is Cc1cc(NC(c2nc(-c3cccnc3)no2)C(C)C)ncn1. The van der Waals surface area contributed by atoms with Crippen molar-refractivity contribution in [2.24, 2.45) is 5.92 Å². The molecule has 0 spiro atoms. The summed E-state index contributed by atoms with van der Waals surface area (Å²) in [5.74, 6) is 2.03. The Balaban J connectivity index is 1.86. The quantitative estimate of drug-likeness (QED) is 0.774. The van der Waals surface area contributed by atoms with Gasteiger partial charge in [0.15, 0.2) is 0 Å². The van der Waals surface area contributed by atoms with Gasteiger partial charge in [0.25, 0.3) is 0 Å². The Bertz CT molecular complexity index is 771. The lowest BCUT2D eigenvalue weighted by molar-refractivity contribution is 0.335. The number of rotatable bonds is 5. The molecule has 3 rings (SSSR count). The number of aromatic nitrogens is 5. The first-order valence-electron chi connectivity index (χ1n) is 7.42. The van der Waals surface area contributed by atoms with E-state index in [1.54, 1.807) is 12.4 Å². The van der Waals surface area contributed by atoms with Crippen LogP contribution in [0, 0.1) is 12.8 Å². The highest BCUT2D eigenvalue weighted by Crippen LogP contribution is 2.26. The highest BCUT2D eigenvalue weighted by atomic mass is 16.5. The summed E-state index contributed by atoms with van der Waals surface area (Å²) in [7, 11) is 0. The second-order valence-corrected chi connectivity index (χ2v) is 5.61. The monoisotopic (exact) mass is 310 g/mol. The molecular weight excluding hydrogens is 292 g/mol. The maximum absolute atomic E-state index is 5.45. The van der Waals surface area contributed by atoms with E-state index in [4.69, 9.17) is 4.52 Å². The molecular formula is C16H18N6O. The second-order valence-electron chi connectivity index (χ2n) is 5.61. The van der Waals surface area contributed by atoms with Crippen LogP contribution in [0.25, 0.3) is 11.4 Å². The molecule has 0 bridgehead atoms. The second kappa shape index (κ2) is 6.51. The van der Waals surface area contributed by atoms with Crippen LogP contribution in [0.1, 0.15) is 31.5 Å². The van der Waals surface area contributed by atoms with E-state index >= 15 is 0 Å². The summed E-state index contributed by atoms with van der Waals surface area (Å²) in [6.45, 7) is 6.09. The molecule has 1 unspecified atom stereocenters. The van der Waals surface area contributed by atoms with Crippen LogP contribution in [-0.4, -0.2) is 25.1 Å². The van der Waals surface area contributed by atoms with Crippen molar-refractivity contribution in [1.82, 2.24) is 25.1 Å². The predicted octanol–water partition coefficient (Wildman–Crippen LogP) is 3.04. The first-order valence-corrected chi connectivity index (χ1v) is 7.42. The Hall–Kier alpha value is -2.83. The molecule has 23 heavy (non-hydrogen) atoms. The van der Waals surface area contributed by atoms with Gasteiger partial charge in [0.2, 0.25) is 11.7 Å². The summed E-state index contributed by atoms with van der Waals surface area (Å²) in [6, 6.07) is 5.48. The molecule has 3 aromatic heterocycles. The van der Waals surface area contributed by atoms with Gasteiger partial charge in [-0.15, -0.1) is 0 Å². The van der Waals surface area contributed by atoms with Crippen molar-refractivity contribution >= 4 is 5.82 Å². The lowest BCUT2D eigenvalue weighted by atomic mass is 10.0. The molecule has 0 fully saturated rings. The van der Waals surface area contributed by atoms with Crippen LogP contribution >= 0.6 is 0 Å². The van der Waals surface area contributed by atoms with Crippen molar-refractivity contribution in [3.63, 3.8) is 0 Å². The number of aryl methyl sites for hydroxylation is 1. The lowest BCUT2D eigenvalue weighted by Crippen LogP contribution is -2.18. The molecule has 1 atom stereocenters.